The molecule has 16 heavy (non-hydrogen) atoms. The lowest BCUT2D eigenvalue weighted by molar-refractivity contribution is 0.0994. The second-order valence-corrected chi connectivity index (χ2v) is 4.60. The average molecular weight is 227 g/mol. The van der Waals surface area contributed by atoms with E-state index in [9.17, 15) is 4.79 Å². The summed E-state index contributed by atoms with van der Waals surface area (Å²) >= 11 is 0. The van der Waals surface area contributed by atoms with E-state index in [2.05, 4.69) is 13.5 Å². The van der Waals surface area contributed by atoms with Crippen LogP contribution in [0.3, 0.4) is 0 Å². The van der Waals surface area contributed by atoms with E-state index in [0.29, 0.717) is 5.76 Å². The molecule has 3 nitrogen and oxygen atoms in total. The van der Waals surface area contributed by atoms with Gasteiger partial charge in [-0.1, -0.05) is 19.9 Å². The van der Waals surface area contributed by atoms with Gasteiger partial charge in [-0.25, -0.2) is 4.79 Å². The Labute approximate surface area is 99.5 Å². The van der Waals surface area contributed by atoms with Crippen LogP contribution in [0.1, 0.15) is 53.9 Å². The molecule has 0 heterocycles. The van der Waals surface area contributed by atoms with Gasteiger partial charge in [0, 0.05) is 18.5 Å². The van der Waals surface area contributed by atoms with Crippen LogP contribution in [0.5, 0.6) is 0 Å². The highest BCUT2D eigenvalue weighted by Crippen LogP contribution is 2.12. The number of nitrogens with zero attached hydrogens (tertiary/aromatic N) is 1. The van der Waals surface area contributed by atoms with E-state index in [4.69, 9.17) is 4.74 Å². The van der Waals surface area contributed by atoms with Crippen molar-refractivity contribution >= 4 is 6.09 Å². The Morgan fingerprint density at radius 3 is 2.12 bits per heavy atom. The van der Waals surface area contributed by atoms with Crippen LogP contribution in [0.15, 0.2) is 12.3 Å². The lowest BCUT2D eigenvalue weighted by Gasteiger charge is -2.29. The van der Waals surface area contributed by atoms with Crippen molar-refractivity contribution in [1.29, 1.82) is 0 Å². The zero-order valence-corrected chi connectivity index (χ0v) is 11.2. The third-order valence-electron chi connectivity index (χ3n) is 2.36. The van der Waals surface area contributed by atoms with Gasteiger partial charge in [0.2, 0.25) is 0 Å². The molecule has 0 aliphatic heterocycles. The molecule has 0 N–H and O–H groups in total. The van der Waals surface area contributed by atoms with Crippen LogP contribution in [0.4, 0.5) is 4.79 Å². The summed E-state index contributed by atoms with van der Waals surface area (Å²) < 4.78 is 5.23. The van der Waals surface area contributed by atoms with E-state index in [-0.39, 0.29) is 18.2 Å². The minimum atomic E-state index is -0.286. The first-order valence-corrected chi connectivity index (χ1v) is 6.08. The van der Waals surface area contributed by atoms with Crippen LogP contribution in [0.2, 0.25) is 0 Å². The van der Waals surface area contributed by atoms with Gasteiger partial charge in [-0.2, -0.15) is 0 Å². The van der Waals surface area contributed by atoms with Crippen molar-refractivity contribution in [2.45, 2.75) is 66.0 Å². The maximum Gasteiger partial charge on any atom is 0.415 e. The average Bonchev–Trinajstić information content (AvgIpc) is 2.13. The zero-order valence-electron chi connectivity index (χ0n) is 11.2. The first kappa shape index (κ1) is 15.0. The smallest absolute Gasteiger partial charge is 0.415 e. The molecule has 0 rings (SSSR count). The second kappa shape index (κ2) is 7.31. The molecule has 0 aromatic heterocycles. The van der Waals surface area contributed by atoms with Crippen molar-refractivity contribution in [2.24, 2.45) is 0 Å². The van der Waals surface area contributed by atoms with E-state index >= 15 is 0 Å². The van der Waals surface area contributed by atoms with Crippen molar-refractivity contribution in [1.82, 2.24) is 4.90 Å². The van der Waals surface area contributed by atoms with Gasteiger partial charge in [0.05, 0.1) is 0 Å². The van der Waals surface area contributed by atoms with Crippen LogP contribution < -0.4 is 0 Å². The molecule has 0 saturated carbocycles. The minimum Gasteiger partial charge on any atom is -0.415 e. The summed E-state index contributed by atoms with van der Waals surface area (Å²) in [5.74, 6) is 0.568. The monoisotopic (exact) mass is 227 g/mol. The predicted octanol–water partition coefficient (Wildman–Crippen LogP) is 3.95. The number of hydrogen-bond acceptors (Lipinski definition) is 2. The van der Waals surface area contributed by atoms with Crippen LogP contribution >= 0.6 is 0 Å². The number of ether oxygens (including phenoxy) is 1. The summed E-state index contributed by atoms with van der Waals surface area (Å²) in [5, 5.41) is 0. The molecule has 0 atom stereocenters. The molecule has 0 saturated heterocycles. The number of allylic oxidation sites excluding steroid dienone is 1. The Morgan fingerprint density at radius 1 is 1.25 bits per heavy atom. The number of hydrogen-bond donors (Lipinski definition) is 0. The molecule has 0 radical (unpaired) electrons. The molecule has 0 unspecified atom stereocenters. The van der Waals surface area contributed by atoms with Crippen LogP contribution in [0, 0.1) is 0 Å². The number of carbonyl (C=O) groups is 1. The van der Waals surface area contributed by atoms with E-state index in [1.54, 1.807) is 4.90 Å². The summed E-state index contributed by atoms with van der Waals surface area (Å²) in [6.07, 6.45) is 2.56. The lowest BCUT2D eigenvalue weighted by atomic mass is 10.2. The Hall–Kier alpha value is -0.990. The second-order valence-electron chi connectivity index (χ2n) is 4.60. The van der Waals surface area contributed by atoms with Crippen molar-refractivity contribution < 1.29 is 9.53 Å². The van der Waals surface area contributed by atoms with Crippen molar-refractivity contribution in [3.05, 3.63) is 12.3 Å². The third-order valence-corrected chi connectivity index (χ3v) is 2.36. The Balaban J connectivity index is 4.26. The molecule has 94 valence electrons. The highest BCUT2D eigenvalue weighted by Gasteiger charge is 2.22. The molecular weight excluding hydrogens is 202 g/mol. The topological polar surface area (TPSA) is 29.5 Å². The SMILES string of the molecule is C=C(CCCC)OC(=O)N(C(C)C)C(C)C. The summed E-state index contributed by atoms with van der Waals surface area (Å²) in [7, 11) is 0. The van der Waals surface area contributed by atoms with Gasteiger partial charge >= 0.3 is 6.09 Å². The molecule has 0 aromatic rings. The first-order valence-electron chi connectivity index (χ1n) is 6.08. The molecule has 0 aromatic carbocycles. The number of unbranched alkanes of at least 4 members (excludes halogenated alkanes) is 1. The third kappa shape index (κ3) is 5.19. The molecule has 0 aliphatic carbocycles. The highest BCUT2D eigenvalue weighted by molar-refractivity contribution is 5.69. The summed E-state index contributed by atoms with van der Waals surface area (Å²) in [6, 6.07) is 0.290. The normalized spacial score (nSPS) is 10.7. The maximum absolute atomic E-state index is 11.8. The number of rotatable bonds is 6. The van der Waals surface area contributed by atoms with Gasteiger partial charge in [-0.15, -0.1) is 0 Å². The van der Waals surface area contributed by atoms with Crippen molar-refractivity contribution in [3.8, 4) is 0 Å². The Morgan fingerprint density at radius 2 is 1.75 bits per heavy atom. The van der Waals surface area contributed by atoms with E-state index < -0.39 is 0 Å². The number of amides is 1. The molecule has 3 heteroatoms. The predicted molar refractivity (Wildman–Crippen MR) is 67.3 cm³/mol. The quantitative estimate of drug-likeness (QED) is 0.643. The van der Waals surface area contributed by atoms with Gasteiger partial charge in [0.25, 0.3) is 0 Å². The molecule has 0 aliphatic rings. The summed E-state index contributed by atoms with van der Waals surface area (Å²) in [4.78, 5) is 13.6. The summed E-state index contributed by atoms with van der Waals surface area (Å²) in [5.41, 5.74) is 0. The van der Waals surface area contributed by atoms with Gasteiger partial charge in [-0.3, -0.25) is 0 Å². The summed E-state index contributed by atoms with van der Waals surface area (Å²) in [6.45, 7) is 13.8. The Bertz CT molecular complexity index is 226. The highest BCUT2D eigenvalue weighted by atomic mass is 16.6. The fourth-order valence-corrected chi connectivity index (χ4v) is 1.62. The fourth-order valence-electron chi connectivity index (χ4n) is 1.62. The van der Waals surface area contributed by atoms with E-state index in [1.165, 1.54) is 0 Å². The molecule has 0 bridgehead atoms. The van der Waals surface area contributed by atoms with E-state index in [0.717, 1.165) is 19.3 Å². The van der Waals surface area contributed by atoms with Crippen LogP contribution in [-0.2, 0) is 4.74 Å². The van der Waals surface area contributed by atoms with E-state index in [1.807, 2.05) is 27.7 Å². The van der Waals surface area contributed by atoms with Gasteiger partial charge < -0.3 is 9.64 Å². The van der Waals surface area contributed by atoms with Crippen LogP contribution in [-0.4, -0.2) is 23.1 Å². The van der Waals surface area contributed by atoms with Gasteiger partial charge in [0.15, 0.2) is 0 Å². The minimum absolute atomic E-state index is 0.145. The van der Waals surface area contributed by atoms with Crippen molar-refractivity contribution in [2.75, 3.05) is 0 Å². The number of carbonyl (C=O) groups excluding carboxylic acids is 1. The maximum atomic E-state index is 11.8. The molecule has 1 amide bonds. The Kier molecular flexibility index (Phi) is 6.86. The molecule has 0 spiro atoms. The standard InChI is InChI=1S/C13H25NO2/c1-7-8-9-12(6)16-13(15)14(10(2)3)11(4)5/h10-11H,6-9H2,1-5H3. The lowest BCUT2D eigenvalue weighted by Crippen LogP contribution is -2.42. The van der Waals surface area contributed by atoms with Gasteiger partial charge in [0.1, 0.15) is 5.76 Å². The van der Waals surface area contributed by atoms with Gasteiger partial charge in [-0.05, 0) is 34.1 Å². The molecular formula is C13H25NO2. The molecule has 0 fully saturated rings. The van der Waals surface area contributed by atoms with Crippen LogP contribution in [0.25, 0.3) is 0 Å². The largest absolute Gasteiger partial charge is 0.415 e. The zero-order chi connectivity index (χ0) is 12.7. The first-order chi connectivity index (χ1) is 7.40. The fraction of sp³-hybridized carbons (Fsp3) is 0.769. The van der Waals surface area contributed by atoms with Crippen molar-refractivity contribution in [3.63, 3.8) is 0 Å².